The van der Waals surface area contributed by atoms with Crippen molar-refractivity contribution < 1.29 is 4.52 Å². The first-order chi connectivity index (χ1) is 13.4. The van der Waals surface area contributed by atoms with E-state index in [0.717, 1.165) is 31.0 Å². The number of hydrogen-bond donors (Lipinski definition) is 1. The molecule has 1 atom stereocenters. The van der Waals surface area contributed by atoms with Crippen molar-refractivity contribution in [1.82, 2.24) is 20.0 Å². The average molecular weight is 367 g/mol. The van der Waals surface area contributed by atoms with Crippen LogP contribution in [-0.2, 0) is 6.54 Å². The molecule has 1 fully saturated rings. The minimum Gasteiger partial charge on any atom is -0.347 e. The molecule has 4 rings (SSSR count). The van der Waals surface area contributed by atoms with Crippen LogP contribution in [0, 0.1) is 0 Å². The Morgan fingerprint density at radius 3 is 2.85 bits per heavy atom. The molecular formula is C22H30N4O. The molecule has 0 spiro atoms. The fraction of sp³-hybridized carbons (Fsp3) is 0.545. The summed E-state index contributed by atoms with van der Waals surface area (Å²) >= 11 is 0. The first kappa shape index (κ1) is 18.2. The third-order valence-electron chi connectivity index (χ3n) is 5.58. The standard InChI is InChI=1S/C22H30N4O/c1-2-3-4-5-6-9-15-26-16-18(17-11-7-8-13-20(17)26)21-24-22(27-25-21)19-12-10-14-23-19/h7-8,11,13,16,19,23H,2-6,9-10,12,14-15H2,1H3/t19-/m0/s1. The molecule has 0 bridgehead atoms. The maximum Gasteiger partial charge on any atom is 0.244 e. The predicted molar refractivity (Wildman–Crippen MR) is 109 cm³/mol. The van der Waals surface area contributed by atoms with Gasteiger partial charge in [0.15, 0.2) is 0 Å². The van der Waals surface area contributed by atoms with E-state index in [1.807, 2.05) is 0 Å². The first-order valence-electron chi connectivity index (χ1n) is 10.5. The molecule has 0 saturated carbocycles. The number of hydrogen-bond acceptors (Lipinski definition) is 4. The zero-order chi connectivity index (χ0) is 18.5. The molecule has 0 amide bonds. The quantitative estimate of drug-likeness (QED) is 0.510. The summed E-state index contributed by atoms with van der Waals surface area (Å²) in [5.74, 6) is 1.42. The number of unbranched alkanes of at least 4 members (excludes halogenated alkanes) is 5. The lowest BCUT2D eigenvalue weighted by molar-refractivity contribution is 0.345. The van der Waals surface area contributed by atoms with Gasteiger partial charge < -0.3 is 14.4 Å². The number of nitrogens with zero attached hydrogens (tertiary/aromatic N) is 3. The third kappa shape index (κ3) is 4.08. The topological polar surface area (TPSA) is 55.9 Å². The molecule has 5 nitrogen and oxygen atoms in total. The monoisotopic (exact) mass is 366 g/mol. The Bertz CT molecular complexity index is 860. The number of fused-ring (bicyclic) bond motifs is 1. The lowest BCUT2D eigenvalue weighted by Crippen LogP contribution is -2.12. The van der Waals surface area contributed by atoms with Gasteiger partial charge in [-0.25, -0.2) is 0 Å². The number of aryl methyl sites for hydroxylation is 1. The van der Waals surface area contributed by atoms with Crippen molar-refractivity contribution >= 4 is 10.9 Å². The molecule has 1 saturated heterocycles. The van der Waals surface area contributed by atoms with E-state index in [2.05, 4.69) is 52.4 Å². The van der Waals surface area contributed by atoms with Gasteiger partial charge in [-0.1, -0.05) is 62.4 Å². The Morgan fingerprint density at radius 2 is 2.00 bits per heavy atom. The summed E-state index contributed by atoms with van der Waals surface area (Å²) in [5, 5.41) is 8.92. The first-order valence-corrected chi connectivity index (χ1v) is 10.5. The zero-order valence-corrected chi connectivity index (χ0v) is 16.3. The Kier molecular flexibility index (Phi) is 5.87. The summed E-state index contributed by atoms with van der Waals surface area (Å²) in [5.41, 5.74) is 2.33. The Balaban J connectivity index is 1.51. The SMILES string of the molecule is CCCCCCCCn1cc(-c2noc([C@@H]3CCCN3)n2)c2ccccc21. The van der Waals surface area contributed by atoms with Crippen LogP contribution in [0.1, 0.15) is 70.2 Å². The van der Waals surface area contributed by atoms with Gasteiger partial charge in [0.2, 0.25) is 11.7 Å². The van der Waals surface area contributed by atoms with E-state index in [1.165, 1.54) is 55.8 Å². The van der Waals surface area contributed by atoms with E-state index in [4.69, 9.17) is 9.51 Å². The van der Waals surface area contributed by atoms with Crippen molar-refractivity contribution in [3.63, 3.8) is 0 Å². The molecule has 2 aromatic heterocycles. The van der Waals surface area contributed by atoms with Crippen LogP contribution in [0.4, 0.5) is 0 Å². The van der Waals surface area contributed by atoms with Crippen LogP contribution >= 0.6 is 0 Å². The molecule has 0 radical (unpaired) electrons. The summed E-state index contributed by atoms with van der Waals surface area (Å²) in [6.07, 6.45) is 12.3. The van der Waals surface area contributed by atoms with Gasteiger partial charge in [-0.15, -0.1) is 0 Å². The summed E-state index contributed by atoms with van der Waals surface area (Å²) in [6, 6.07) is 8.75. The minimum absolute atomic E-state index is 0.211. The lowest BCUT2D eigenvalue weighted by Gasteiger charge is -2.05. The molecule has 1 aliphatic heterocycles. The van der Waals surface area contributed by atoms with E-state index in [9.17, 15) is 0 Å². The van der Waals surface area contributed by atoms with Gasteiger partial charge in [-0.3, -0.25) is 0 Å². The summed E-state index contributed by atoms with van der Waals surface area (Å²) < 4.78 is 7.92. The van der Waals surface area contributed by atoms with E-state index < -0.39 is 0 Å². The zero-order valence-electron chi connectivity index (χ0n) is 16.3. The van der Waals surface area contributed by atoms with Crippen LogP contribution in [0.25, 0.3) is 22.3 Å². The smallest absolute Gasteiger partial charge is 0.244 e. The van der Waals surface area contributed by atoms with Crippen LogP contribution in [0.15, 0.2) is 35.0 Å². The van der Waals surface area contributed by atoms with Crippen molar-refractivity contribution in [2.75, 3.05) is 6.54 Å². The molecular weight excluding hydrogens is 336 g/mol. The lowest BCUT2D eigenvalue weighted by atomic mass is 10.1. The average Bonchev–Trinajstić information content (AvgIpc) is 3.44. The highest BCUT2D eigenvalue weighted by Crippen LogP contribution is 2.31. The van der Waals surface area contributed by atoms with Crippen molar-refractivity contribution in [2.45, 2.75) is 70.9 Å². The largest absolute Gasteiger partial charge is 0.347 e. The second-order valence-electron chi connectivity index (χ2n) is 7.63. The van der Waals surface area contributed by atoms with Crippen LogP contribution in [0.3, 0.4) is 0 Å². The van der Waals surface area contributed by atoms with Gasteiger partial charge in [0.25, 0.3) is 0 Å². The maximum absolute atomic E-state index is 5.56. The number of para-hydroxylation sites is 1. The van der Waals surface area contributed by atoms with Gasteiger partial charge >= 0.3 is 0 Å². The molecule has 0 unspecified atom stereocenters. The summed E-state index contributed by atoms with van der Waals surface area (Å²) in [7, 11) is 0. The van der Waals surface area contributed by atoms with Crippen molar-refractivity contribution in [1.29, 1.82) is 0 Å². The number of nitrogens with one attached hydrogen (secondary N) is 1. The molecule has 3 heterocycles. The summed E-state index contributed by atoms with van der Waals surface area (Å²) in [4.78, 5) is 4.70. The fourth-order valence-corrected chi connectivity index (χ4v) is 4.05. The number of aromatic nitrogens is 3. The van der Waals surface area contributed by atoms with E-state index in [0.29, 0.717) is 5.82 Å². The molecule has 1 aromatic carbocycles. The van der Waals surface area contributed by atoms with Crippen molar-refractivity contribution in [2.24, 2.45) is 0 Å². The van der Waals surface area contributed by atoms with Gasteiger partial charge in [0.1, 0.15) is 0 Å². The third-order valence-corrected chi connectivity index (χ3v) is 5.58. The van der Waals surface area contributed by atoms with Gasteiger partial charge in [0.05, 0.1) is 6.04 Å². The van der Waals surface area contributed by atoms with Gasteiger partial charge in [-0.05, 0) is 31.9 Å². The van der Waals surface area contributed by atoms with Gasteiger partial charge in [-0.2, -0.15) is 4.98 Å². The summed E-state index contributed by atoms with van der Waals surface area (Å²) in [6.45, 7) is 4.33. The van der Waals surface area contributed by atoms with E-state index in [-0.39, 0.29) is 6.04 Å². The molecule has 27 heavy (non-hydrogen) atoms. The molecule has 1 aliphatic rings. The predicted octanol–water partition coefficient (Wildman–Crippen LogP) is 5.48. The van der Waals surface area contributed by atoms with Crippen LogP contribution < -0.4 is 5.32 Å². The maximum atomic E-state index is 5.56. The fourth-order valence-electron chi connectivity index (χ4n) is 4.05. The molecule has 144 valence electrons. The van der Waals surface area contributed by atoms with Crippen molar-refractivity contribution in [3.05, 3.63) is 36.4 Å². The minimum atomic E-state index is 0.211. The Labute approximate surface area is 161 Å². The second kappa shape index (κ2) is 8.70. The van der Waals surface area contributed by atoms with E-state index in [1.54, 1.807) is 0 Å². The Morgan fingerprint density at radius 1 is 1.15 bits per heavy atom. The Hall–Kier alpha value is -2.14. The highest BCUT2D eigenvalue weighted by Gasteiger charge is 2.23. The molecule has 5 heteroatoms. The second-order valence-corrected chi connectivity index (χ2v) is 7.63. The molecule has 1 N–H and O–H groups in total. The van der Waals surface area contributed by atoms with Crippen LogP contribution in [0.5, 0.6) is 0 Å². The molecule has 0 aliphatic carbocycles. The molecule has 3 aromatic rings. The highest BCUT2D eigenvalue weighted by molar-refractivity contribution is 5.94. The van der Waals surface area contributed by atoms with Crippen LogP contribution in [-0.4, -0.2) is 21.3 Å². The van der Waals surface area contributed by atoms with Crippen LogP contribution in [0.2, 0.25) is 0 Å². The van der Waals surface area contributed by atoms with Crippen molar-refractivity contribution in [3.8, 4) is 11.4 Å². The van der Waals surface area contributed by atoms with Gasteiger partial charge in [0, 0.05) is 29.2 Å². The highest BCUT2D eigenvalue weighted by atomic mass is 16.5. The number of rotatable bonds is 9. The van der Waals surface area contributed by atoms with E-state index >= 15 is 0 Å². The normalized spacial score (nSPS) is 17.1. The number of benzene rings is 1.